The van der Waals surface area contributed by atoms with E-state index in [2.05, 4.69) is 0 Å². The fraction of sp³-hybridized carbons (Fsp3) is 0.0714. The molecule has 0 unspecified atom stereocenters. The third kappa shape index (κ3) is 1.55. The van der Waals surface area contributed by atoms with Crippen LogP contribution in [0.3, 0.4) is 0 Å². The minimum absolute atomic E-state index is 0.00345. The number of phenolic OH excluding ortho intramolecular Hbond substituents is 3. The molecule has 0 aliphatic rings. The summed E-state index contributed by atoms with van der Waals surface area (Å²) in [6, 6.07) is 5.13. The van der Waals surface area contributed by atoms with E-state index in [1.807, 2.05) is 0 Å². The van der Waals surface area contributed by atoms with Gasteiger partial charge in [0.15, 0.2) is 11.3 Å². The van der Waals surface area contributed by atoms with Crippen molar-refractivity contribution in [3.05, 3.63) is 34.5 Å². The van der Waals surface area contributed by atoms with Gasteiger partial charge in [0.1, 0.15) is 22.5 Å². The molecule has 0 radical (unpaired) electrons. The van der Waals surface area contributed by atoms with Crippen LogP contribution in [0.15, 0.2) is 33.5 Å². The first-order chi connectivity index (χ1) is 9.52. The zero-order valence-corrected chi connectivity index (χ0v) is 10.4. The van der Waals surface area contributed by atoms with E-state index in [1.54, 1.807) is 0 Å². The molecule has 0 saturated carbocycles. The Hall–Kier alpha value is -2.89. The first kappa shape index (κ1) is 12.2. The fourth-order valence-corrected chi connectivity index (χ4v) is 2.11. The smallest absolute Gasteiger partial charge is 0.204 e. The monoisotopic (exact) mass is 274 g/mol. The Bertz CT molecular complexity index is 894. The standard InChI is InChI=1S/C14H10O6/c1-19-10-5-8(16)11-12(17)7-4-6(15)2-3-9(7)20-14(11)13(10)18/h2-5,15-16,18H,1H3. The van der Waals surface area contributed by atoms with Gasteiger partial charge in [-0.05, 0) is 18.2 Å². The Morgan fingerprint density at radius 2 is 1.90 bits per heavy atom. The van der Waals surface area contributed by atoms with Gasteiger partial charge in [-0.2, -0.15) is 0 Å². The summed E-state index contributed by atoms with van der Waals surface area (Å²) in [6.45, 7) is 0. The third-order valence-corrected chi connectivity index (χ3v) is 3.07. The van der Waals surface area contributed by atoms with Gasteiger partial charge in [0, 0.05) is 6.07 Å². The molecule has 0 amide bonds. The molecule has 0 spiro atoms. The van der Waals surface area contributed by atoms with Gasteiger partial charge in [-0.3, -0.25) is 4.79 Å². The van der Waals surface area contributed by atoms with E-state index >= 15 is 0 Å². The normalized spacial score (nSPS) is 11.1. The number of hydrogen-bond acceptors (Lipinski definition) is 6. The van der Waals surface area contributed by atoms with Gasteiger partial charge < -0.3 is 24.5 Å². The van der Waals surface area contributed by atoms with Gasteiger partial charge in [-0.15, -0.1) is 0 Å². The molecule has 3 N–H and O–H groups in total. The van der Waals surface area contributed by atoms with Crippen molar-refractivity contribution >= 4 is 21.9 Å². The zero-order chi connectivity index (χ0) is 14.4. The van der Waals surface area contributed by atoms with Crippen molar-refractivity contribution in [2.75, 3.05) is 7.11 Å². The average Bonchev–Trinajstić information content (AvgIpc) is 2.43. The molecule has 3 rings (SSSR count). The Morgan fingerprint density at radius 1 is 1.15 bits per heavy atom. The predicted octanol–water partition coefficient (Wildman–Crippen LogP) is 2.07. The second-order valence-corrected chi connectivity index (χ2v) is 4.26. The molecule has 0 saturated heterocycles. The van der Waals surface area contributed by atoms with Crippen LogP contribution >= 0.6 is 0 Å². The van der Waals surface area contributed by atoms with Crippen molar-refractivity contribution in [3.8, 4) is 23.0 Å². The average molecular weight is 274 g/mol. The van der Waals surface area contributed by atoms with Gasteiger partial charge in [0.25, 0.3) is 0 Å². The van der Waals surface area contributed by atoms with E-state index in [-0.39, 0.29) is 44.9 Å². The molecule has 0 fully saturated rings. The van der Waals surface area contributed by atoms with Gasteiger partial charge >= 0.3 is 0 Å². The Labute approximate surface area is 112 Å². The molecule has 20 heavy (non-hydrogen) atoms. The van der Waals surface area contributed by atoms with Crippen molar-refractivity contribution in [3.63, 3.8) is 0 Å². The minimum atomic E-state index is -0.549. The number of fused-ring (bicyclic) bond motifs is 2. The summed E-state index contributed by atoms with van der Waals surface area (Å²) in [5, 5.41) is 29.3. The molecule has 3 aromatic rings. The topological polar surface area (TPSA) is 100 Å². The van der Waals surface area contributed by atoms with Crippen LogP contribution in [0.1, 0.15) is 0 Å². The molecule has 0 aliphatic heterocycles. The molecular formula is C14H10O6. The van der Waals surface area contributed by atoms with Gasteiger partial charge in [-0.1, -0.05) is 0 Å². The van der Waals surface area contributed by atoms with Crippen molar-refractivity contribution in [1.29, 1.82) is 0 Å². The van der Waals surface area contributed by atoms with E-state index in [0.29, 0.717) is 0 Å². The molecule has 2 aromatic carbocycles. The van der Waals surface area contributed by atoms with Crippen LogP contribution in [0.25, 0.3) is 21.9 Å². The molecular weight excluding hydrogens is 264 g/mol. The molecule has 1 heterocycles. The summed E-state index contributed by atoms with van der Waals surface area (Å²) < 4.78 is 10.3. The molecule has 0 aliphatic carbocycles. The number of ether oxygens (including phenoxy) is 1. The molecule has 0 atom stereocenters. The molecule has 0 bridgehead atoms. The van der Waals surface area contributed by atoms with Crippen LogP contribution in [-0.4, -0.2) is 22.4 Å². The van der Waals surface area contributed by atoms with E-state index in [9.17, 15) is 20.1 Å². The SMILES string of the molecule is COc1cc(O)c2c(=O)c3cc(O)ccc3oc2c1O. The molecule has 6 heteroatoms. The van der Waals surface area contributed by atoms with E-state index in [1.165, 1.54) is 25.3 Å². The van der Waals surface area contributed by atoms with Crippen LogP contribution < -0.4 is 10.2 Å². The Morgan fingerprint density at radius 3 is 2.60 bits per heavy atom. The fourth-order valence-electron chi connectivity index (χ4n) is 2.11. The lowest BCUT2D eigenvalue weighted by molar-refractivity contribution is 0.368. The summed E-state index contributed by atoms with van der Waals surface area (Å²) in [5.41, 5.74) is -0.527. The van der Waals surface area contributed by atoms with Gasteiger partial charge in [0.05, 0.1) is 12.5 Å². The van der Waals surface area contributed by atoms with Gasteiger partial charge in [0.2, 0.25) is 11.2 Å². The number of rotatable bonds is 1. The first-order valence-electron chi connectivity index (χ1n) is 5.71. The highest BCUT2D eigenvalue weighted by molar-refractivity contribution is 5.97. The van der Waals surface area contributed by atoms with Crippen LogP contribution in [0.4, 0.5) is 0 Å². The maximum Gasteiger partial charge on any atom is 0.204 e. The minimum Gasteiger partial charge on any atom is -0.508 e. The van der Waals surface area contributed by atoms with Crippen molar-refractivity contribution in [2.24, 2.45) is 0 Å². The highest BCUT2D eigenvalue weighted by Crippen LogP contribution is 2.39. The number of methoxy groups -OCH3 is 1. The largest absolute Gasteiger partial charge is 0.508 e. The van der Waals surface area contributed by atoms with E-state index in [4.69, 9.17) is 9.15 Å². The predicted molar refractivity (Wildman–Crippen MR) is 71.5 cm³/mol. The van der Waals surface area contributed by atoms with Crippen LogP contribution in [0, 0.1) is 0 Å². The lowest BCUT2D eigenvalue weighted by atomic mass is 10.1. The summed E-state index contributed by atoms with van der Waals surface area (Å²) in [4.78, 5) is 12.3. The van der Waals surface area contributed by atoms with Crippen LogP contribution in [0.2, 0.25) is 0 Å². The van der Waals surface area contributed by atoms with E-state index in [0.717, 1.165) is 6.07 Å². The van der Waals surface area contributed by atoms with Crippen molar-refractivity contribution in [1.82, 2.24) is 0 Å². The highest BCUT2D eigenvalue weighted by Gasteiger charge is 2.19. The molecule has 6 nitrogen and oxygen atoms in total. The van der Waals surface area contributed by atoms with Crippen molar-refractivity contribution < 1.29 is 24.5 Å². The Kier molecular flexibility index (Phi) is 2.47. The lowest BCUT2D eigenvalue weighted by Gasteiger charge is -2.08. The number of benzene rings is 2. The number of phenols is 3. The summed E-state index contributed by atoms with van der Waals surface area (Å²) in [6.07, 6.45) is 0. The maximum absolute atomic E-state index is 12.3. The highest BCUT2D eigenvalue weighted by atomic mass is 16.5. The second-order valence-electron chi connectivity index (χ2n) is 4.26. The van der Waals surface area contributed by atoms with Gasteiger partial charge in [-0.25, -0.2) is 0 Å². The quantitative estimate of drug-likeness (QED) is 0.464. The second kappa shape index (κ2) is 4.06. The third-order valence-electron chi connectivity index (χ3n) is 3.07. The summed E-state index contributed by atoms with van der Waals surface area (Å²) in [7, 11) is 1.32. The zero-order valence-electron chi connectivity index (χ0n) is 10.4. The molecule has 1 aromatic heterocycles. The summed E-state index contributed by atoms with van der Waals surface area (Å²) >= 11 is 0. The van der Waals surface area contributed by atoms with Crippen molar-refractivity contribution in [2.45, 2.75) is 0 Å². The Balaban J connectivity index is 2.59. The lowest BCUT2D eigenvalue weighted by Crippen LogP contribution is -2.03. The summed E-state index contributed by atoms with van der Waals surface area (Å²) in [5.74, 6) is -0.835. The number of aromatic hydroxyl groups is 3. The number of hydrogen-bond donors (Lipinski definition) is 3. The van der Waals surface area contributed by atoms with E-state index < -0.39 is 5.43 Å². The maximum atomic E-state index is 12.3. The van der Waals surface area contributed by atoms with Crippen LogP contribution in [0.5, 0.6) is 23.0 Å². The first-order valence-corrected chi connectivity index (χ1v) is 5.71. The van der Waals surface area contributed by atoms with Crippen LogP contribution in [-0.2, 0) is 0 Å². The molecule has 102 valence electrons.